The van der Waals surface area contributed by atoms with E-state index in [1.807, 2.05) is 58.0 Å². The average Bonchev–Trinajstić information content (AvgIpc) is 3.39. The molecule has 0 atom stereocenters. The Kier molecular flexibility index (Phi) is 8.04. The van der Waals surface area contributed by atoms with Gasteiger partial charge in [0.25, 0.3) is 5.91 Å². The number of ether oxygens (including phenoxy) is 2. The second kappa shape index (κ2) is 11.7. The van der Waals surface area contributed by atoms with Crippen molar-refractivity contribution in [3.8, 4) is 22.8 Å². The zero-order chi connectivity index (χ0) is 30.1. The van der Waals surface area contributed by atoms with E-state index in [0.717, 1.165) is 33.5 Å². The van der Waals surface area contributed by atoms with Gasteiger partial charge in [0.05, 0.1) is 38.2 Å². The summed E-state index contributed by atoms with van der Waals surface area (Å²) in [7, 11) is 1.58. The van der Waals surface area contributed by atoms with Crippen molar-refractivity contribution in [3.05, 3.63) is 80.2 Å². The SMILES string of the molecule is CCOc1cc2c(cc1OC)-c1c/c(=N\c3c(C)cc(C)cc3C)n(CCN(O)C(=O)C3=CCN=C3O)c(=O)n1CC2. The molecule has 1 amide bonds. The molecule has 3 aromatic rings. The number of aromatic nitrogens is 2. The first-order valence-corrected chi connectivity index (χ1v) is 13.9. The first-order valence-electron chi connectivity index (χ1n) is 13.9. The van der Waals surface area contributed by atoms with Gasteiger partial charge in [0.2, 0.25) is 5.90 Å². The fraction of sp³-hybridized carbons (Fsp3) is 0.355. The van der Waals surface area contributed by atoms with E-state index in [2.05, 4.69) is 4.99 Å². The van der Waals surface area contributed by atoms with Crippen LogP contribution in [0.25, 0.3) is 11.3 Å². The molecule has 5 rings (SSSR count). The maximum atomic E-state index is 14.0. The highest BCUT2D eigenvalue weighted by molar-refractivity contribution is 6.18. The van der Waals surface area contributed by atoms with Crippen molar-refractivity contribution in [1.82, 2.24) is 14.2 Å². The smallest absolute Gasteiger partial charge is 0.330 e. The Morgan fingerprint density at radius 1 is 1.12 bits per heavy atom. The number of amides is 1. The third-order valence-corrected chi connectivity index (χ3v) is 7.50. The number of aliphatic hydroxyl groups excluding tert-OH is 1. The molecule has 2 N–H and O–H groups in total. The van der Waals surface area contributed by atoms with E-state index in [1.165, 1.54) is 10.6 Å². The third kappa shape index (κ3) is 5.35. The second-order valence-corrected chi connectivity index (χ2v) is 10.4. The number of aliphatic hydroxyl groups is 1. The second-order valence-electron chi connectivity index (χ2n) is 10.4. The summed E-state index contributed by atoms with van der Waals surface area (Å²) in [5.41, 5.74) is 6.33. The van der Waals surface area contributed by atoms with E-state index in [-0.39, 0.29) is 30.9 Å². The summed E-state index contributed by atoms with van der Waals surface area (Å²) in [6.07, 6.45) is 2.05. The molecule has 1 aromatic heterocycles. The van der Waals surface area contributed by atoms with Crippen molar-refractivity contribution in [2.24, 2.45) is 9.98 Å². The van der Waals surface area contributed by atoms with Crippen LogP contribution in [0.2, 0.25) is 0 Å². The molecule has 0 spiro atoms. The Morgan fingerprint density at radius 2 is 1.86 bits per heavy atom. The summed E-state index contributed by atoms with van der Waals surface area (Å²) in [5.74, 6) is 0.0160. The number of carbonyl (C=O) groups is 1. The average molecular weight is 574 g/mol. The molecule has 0 fully saturated rings. The number of carbonyl (C=O) groups excluding carboxylic acids is 1. The van der Waals surface area contributed by atoms with Crippen molar-refractivity contribution in [3.63, 3.8) is 0 Å². The van der Waals surface area contributed by atoms with Gasteiger partial charge in [-0.25, -0.2) is 19.8 Å². The maximum absolute atomic E-state index is 14.0. The van der Waals surface area contributed by atoms with Crippen LogP contribution in [0.15, 0.2) is 56.8 Å². The summed E-state index contributed by atoms with van der Waals surface area (Å²) >= 11 is 0. The van der Waals surface area contributed by atoms with E-state index in [4.69, 9.17) is 14.5 Å². The lowest BCUT2D eigenvalue weighted by Crippen LogP contribution is -2.44. The van der Waals surface area contributed by atoms with Crippen LogP contribution in [0.4, 0.5) is 5.69 Å². The molecule has 0 aliphatic carbocycles. The number of fused-ring (bicyclic) bond motifs is 3. The van der Waals surface area contributed by atoms with Gasteiger partial charge in [0.15, 0.2) is 11.5 Å². The first-order chi connectivity index (χ1) is 20.1. The number of nitrogens with zero attached hydrogens (tertiary/aromatic N) is 5. The normalized spacial score (nSPS) is 14.2. The summed E-state index contributed by atoms with van der Waals surface area (Å²) in [6.45, 7) is 8.73. The van der Waals surface area contributed by atoms with E-state index >= 15 is 0 Å². The zero-order valence-electron chi connectivity index (χ0n) is 24.5. The standard InChI is InChI=1S/C31H35N5O6/c1-6-42-26-15-21-8-10-34-24(23(21)16-25(26)41-5)17-27(33-28-19(3)13-18(2)14-20(28)4)35(31(34)39)11-12-36(40)30(38)22-7-9-32-29(22)37/h7,13-17,40H,6,8-12H2,1-5H3,(H,32,37)/b33-27+. The van der Waals surface area contributed by atoms with E-state index in [1.54, 1.807) is 11.7 Å². The minimum absolute atomic E-state index is 0.0330. The maximum Gasteiger partial charge on any atom is 0.330 e. The van der Waals surface area contributed by atoms with Crippen molar-refractivity contribution < 1.29 is 24.6 Å². The van der Waals surface area contributed by atoms with Crippen LogP contribution in [0.5, 0.6) is 11.5 Å². The van der Waals surface area contributed by atoms with Gasteiger partial charge in [-0.05, 0) is 69.0 Å². The lowest BCUT2D eigenvalue weighted by Gasteiger charge is -2.25. The summed E-state index contributed by atoms with van der Waals surface area (Å²) in [4.78, 5) is 35.4. The lowest BCUT2D eigenvalue weighted by atomic mass is 9.97. The van der Waals surface area contributed by atoms with Gasteiger partial charge in [-0.15, -0.1) is 0 Å². The summed E-state index contributed by atoms with van der Waals surface area (Å²) in [5, 5.41) is 20.9. The van der Waals surface area contributed by atoms with E-state index in [9.17, 15) is 19.9 Å². The fourth-order valence-electron chi connectivity index (χ4n) is 5.56. The minimum Gasteiger partial charge on any atom is -0.493 e. The van der Waals surface area contributed by atoms with Crippen LogP contribution in [0, 0.1) is 20.8 Å². The van der Waals surface area contributed by atoms with E-state index in [0.29, 0.717) is 47.3 Å². The highest BCUT2D eigenvalue weighted by Crippen LogP contribution is 2.37. The van der Waals surface area contributed by atoms with Gasteiger partial charge in [-0.1, -0.05) is 17.7 Å². The molecule has 42 heavy (non-hydrogen) atoms. The molecule has 11 heteroatoms. The monoisotopic (exact) mass is 573 g/mol. The Balaban J connectivity index is 1.65. The molecule has 0 bridgehead atoms. The molecule has 0 saturated heterocycles. The summed E-state index contributed by atoms with van der Waals surface area (Å²) < 4.78 is 14.5. The molecule has 3 heterocycles. The third-order valence-electron chi connectivity index (χ3n) is 7.50. The number of hydrogen-bond donors (Lipinski definition) is 2. The Bertz CT molecular complexity index is 1740. The van der Waals surface area contributed by atoms with E-state index < -0.39 is 11.8 Å². The topological polar surface area (TPSA) is 131 Å². The van der Waals surface area contributed by atoms with Crippen molar-refractivity contribution in [2.45, 2.75) is 47.2 Å². The van der Waals surface area contributed by atoms with Gasteiger partial charge >= 0.3 is 5.69 Å². The highest BCUT2D eigenvalue weighted by Gasteiger charge is 2.25. The van der Waals surface area contributed by atoms with Gasteiger partial charge in [0.1, 0.15) is 11.1 Å². The lowest BCUT2D eigenvalue weighted by molar-refractivity contribution is -0.160. The molecule has 2 aromatic carbocycles. The molecule has 0 unspecified atom stereocenters. The quantitative estimate of drug-likeness (QED) is 0.313. The zero-order valence-corrected chi connectivity index (χ0v) is 24.5. The molecule has 2 aliphatic rings. The Hall–Kier alpha value is -4.64. The predicted molar refractivity (Wildman–Crippen MR) is 158 cm³/mol. The summed E-state index contributed by atoms with van der Waals surface area (Å²) in [6, 6.07) is 9.78. The largest absolute Gasteiger partial charge is 0.493 e. The van der Waals surface area contributed by atoms with Crippen molar-refractivity contribution >= 4 is 17.5 Å². The molecule has 0 saturated carbocycles. The number of aliphatic imine (C=N–C) groups is 1. The first kappa shape index (κ1) is 28.9. The number of methoxy groups -OCH3 is 1. The van der Waals surface area contributed by atoms with Crippen LogP contribution in [0.1, 0.15) is 29.2 Å². The molecule has 0 radical (unpaired) electrons. The number of aryl methyl sites for hydroxylation is 4. The van der Waals surface area contributed by atoms with Crippen LogP contribution < -0.4 is 20.7 Å². The van der Waals surface area contributed by atoms with Crippen LogP contribution in [-0.4, -0.2) is 63.1 Å². The van der Waals surface area contributed by atoms with Crippen molar-refractivity contribution in [2.75, 3.05) is 26.8 Å². The minimum atomic E-state index is -0.790. The highest BCUT2D eigenvalue weighted by atomic mass is 16.5. The molecular formula is C31H35N5O6. The number of rotatable bonds is 8. The van der Waals surface area contributed by atoms with Gasteiger partial charge in [0, 0.05) is 24.7 Å². The van der Waals surface area contributed by atoms with Crippen LogP contribution in [0.3, 0.4) is 0 Å². The van der Waals surface area contributed by atoms with Gasteiger partial charge in [-0.3, -0.25) is 19.1 Å². The Labute approximate surface area is 243 Å². The molecule has 11 nitrogen and oxygen atoms in total. The van der Waals surface area contributed by atoms with Crippen LogP contribution in [-0.2, 0) is 24.3 Å². The van der Waals surface area contributed by atoms with Crippen molar-refractivity contribution in [1.29, 1.82) is 0 Å². The number of benzene rings is 2. The molecule has 220 valence electrons. The number of hydroxylamine groups is 2. The predicted octanol–water partition coefficient (Wildman–Crippen LogP) is 3.55. The Morgan fingerprint density at radius 3 is 2.50 bits per heavy atom. The van der Waals surface area contributed by atoms with Crippen LogP contribution >= 0.6 is 0 Å². The van der Waals surface area contributed by atoms with Gasteiger partial charge < -0.3 is 14.6 Å². The molecule has 2 aliphatic heterocycles. The van der Waals surface area contributed by atoms with Gasteiger partial charge in [-0.2, -0.15) is 0 Å². The molecular weight excluding hydrogens is 538 g/mol. The number of hydrogen-bond acceptors (Lipinski definition) is 7. The fourth-order valence-corrected chi connectivity index (χ4v) is 5.56.